The number of aromatic amines is 1. The van der Waals surface area contributed by atoms with Crippen molar-refractivity contribution >= 4 is 23.3 Å². The van der Waals surface area contributed by atoms with Gasteiger partial charge in [0.2, 0.25) is 0 Å². The maximum absolute atomic E-state index is 13.1. The van der Waals surface area contributed by atoms with E-state index in [0.717, 1.165) is 56.0 Å². The Hall–Kier alpha value is -4.10. The van der Waals surface area contributed by atoms with Crippen molar-refractivity contribution in [1.29, 1.82) is 0 Å². The topological polar surface area (TPSA) is 81.9 Å². The third-order valence-electron chi connectivity index (χ3n) is 6.28. The first kappa shape index (κ1) is 25.0. The largest absolute Gasteiger partial charge is 0.497 e. The minimum absolute atomic E-state index is 0. The average Bonchev–Trinajstić information content (AvgIpc) is 3.28. The summed E-state index contributed by atoms with van der Waals surface area (Å²) in [6.45, 7) is 3.90. The Morgan fingerprint density at radius 1 is 0.806 bits per heavy atom. The van der Waals surface area contributed by atoms with Crippen LogP contribution in [-0.2, 0) is 14.1 Å². The van der Waals surface area contributed by atoms with Crippen molar-refractivity contribution in [2.24, 2.45) is 14.1 Å². The quantitative estimate of drug-likeness (QED) is 0.374. The molecule has 5 rings (SSSR count). The van der Waals surface area contributed by atoms with Crippen molar-refractivity contribution in [3.05, 3.63) is 93.0 Å². The molecule has 0 spiro atoms. The number of methoxy groups -OCH3 is 1. The number of H-pyrrole nitrogens is 1. The Kier molecular flexibility index (Phi) is 6.61. The molecule has 0 saturated heterocycles. The van der Waals surface area contributed by atoms with Gasteiger partial charge in [-0.15, -0.1) is 12.4 Å². The van der Waals surface area contributed by atoms with E-state index in [9.17, 15) is 9.59 Å². The van der Waals surface area contributed by atoms with Crippen LogP contribution in [0.15, 0.2) is 70.5 Å². The van der Waals surface area contributed by atoms with Gasteiger partial charge in [0.15, 0.2) is 0 Å². The van der Waals surface area contributed by atoms with E-state index in [2.05, 4.69) is 9.97 Å². The number of benzene rings is 1. The van der Waals surface area contributed by atoms with Gasteiger partial charge in [-0.2, -0.15) is 0 Å². The zero-order chi connectivity index (χ0) is 24.9. The van der Waals surface area contributed by atoms with Crippen LogP contribution in [0.3, 0.4) is 0 Å². The molecule has 7 nitrogen and oxygen atoms in total. The minimum Gasteiger partial charge on any atom is -0.497 e. The lowest BCUT2D eigenvalue weighted by molar-refractivity contribution is 0.415. The molecule has 0 aliphatic rings. The summed E-state index contributed by atoms with van der Waals surface area (Å²) in [7, 11) is 5.09. The summed E-state index contributed by atoms with van der Waals surface area (Å²) in [5.74, 6) is 0.753. The summed E-state index contributed by atoms with van der Waals surface area (Å²) in [5.41, 5.74) is 7.20. The molecule has 0 saturated carbocycles. The minimum atomic E-state index is -0.132. The van der Waals surface area contributed by atoms with E-state index in [0.29, 0.717) is 5.52 Å². The van der Waals surface area contributed by atoms with Crippen LogP contribution in [0.2, 0.25) is 0 Å². The van der Waals surface area contributed by atoms with E-state index in [1.54, 1.807) is 42.6 Å². The number of aryl methyl sites for hydroxylation is 4. The molecule has 0 bridgehead atoms. The third-order valence-corrected chi connectivity index (χ3v) is 6.28. The van der Waals surface area contributed by atoms with Crippen molar-refractivity contribution in [2.45, 2.75) is 13.8 Å². The van der Waals surface area contributed by atoms with Crippen molar-refractivity contribution in [2.75, 3.05) is 7.11 Å². The lowest BCUT2D eigenvalue weighted by atomic mass is 9.95. The van der Waals surface area contributed by atoms with Crippen molar-refractivity contribution in [1.82, 2.24) is 19.1 Å². The fourth-order valence-electron chi connectivity index (χ4n) is 4.55. The molecule has 0 aliphatic heterocycles. The Labute approximate surface area is 214 Å². The highest BCUT2D eigenvalue weighted by atomic mass is 35.5. The van der Waals surface area contributed by atoms with Crippen molar-refractivity contribution in [3.63, 3.8) is 0 Å². The molecule has 0 radical (unpaired) electrons. The van der Waals surface area contributed by atoms with Crippen LogP contribution in [0.5, 0.6) is 5.75 Å². The maximum Gasteiger partial charge on any atom is 0.274 e. The molecular weight excluding hydrogens is 476 g/mol. The summed E-state index contributed by atoms with van der Waals surface area (Å²) in [5, 5.41) is 0.762. The van der Waals surface area contributed by atoms with Gasteiger partial charge in [-0.05, 0) is 55.3 Å². The van der Waals surface area contributed by atoms with Gasteiger partial charge in [0.05, 0.1) is 7.11 Å². The number of hydrogen-bond donors (Lipinski definition) is 1. The first-order valence-electron chi connectivity index (χ1n) is 11.3. The first-order valence-corrected chi connectivity index (χ1v) is 11.3. The van der Waals surface area contributed by atoms with Gasteiger partial charge in [0, 0.05) is 71.7 Å². The van der Waals surface area contributed by atoms with Gasteiger partial charge in [-0.3, -0.25) is 14.6 Å². The fraction of sp³-hybridized carbons (Fsp3) is 0.179. The lowest BCUT2D eigenvalue weighted by Crippen LogP contribution is -2.18. The number of aromatic nitrogens is 4. The first-order chi connectivity index (χ1) is 16.7. The maximum atomic E-state index is 13.1. The molecule has 0 atom stereocenters. The van der Waals surface area contributed by atoms with Crippen molar-refractivity contribution < 1.29 is 4.74 Å². The third kappa shape index (κ3) is 4.33. The van der Waals surface area contributed by atoms with Gasteiger partial charge in [0.25, 0.3) is 11.1 Å². The molecule has 0 aliphatic carbocycles. The number of hydrogen-bond acceptors (Lipinski definition) is 4. The summed E-state index contributed by atoms with van der Waals surface area (Å²) in [6.07, 6.45) is 3.63. The molecule has 1 N–H and O–H groups in total. The zero-order valence-corrected chi connectivity index (χ0v) is 21.6. The molecule has 1 aromatic carbocycles. The van der Waals surface area contributed by atoms with Crippen LogP contribution >= 0.6 is 12.4 Å². The predicted octanol–water partition coefficient (Wildman–Crippen LogP) is 5.01. The SMILES string of the molecule is COc1ccc(-c2cn(C)c(=O)cc2-c2cn(C)c(=O)c3[nH]c(-c4cc(C)nc(C)c4)cc23)cc1.Cl. The highest BCUT2D eigenvalue weighted by Crippen LogP contribution is 2.36. The second kappa shape index (κ2) is 9.51. The molecule has 5 aromatic rings. The van der Waals surface area contributed by atoms with E-state index in [4.69, 9.17) is 4.74 Å². The summed E-state index contributed by atoms with van der Waals surface area (Å²) >= 11 is 0. The number of halogens is 1. The van der Waals surface area contributed by atoms with Gasteiger partial charge in [-0.1, -0.05) is 12.1 Å². The van der Waals surface area contributed by atoms with Crippen LogP contribution in [-0.4, -0.2) is 26.2 Å². The van der Waals surface area contributed by atoms with Crippen LogP contribution in [0, 0.1) is 13.8 Å². The number of nitrogens with zero attached hydrogens (tertiary/aromatic N) is 3. The highest BCUT2D eigenvalue weighted by molar-refractivity contribution is 6.00. The molecular formula is C28H27ClN4O3. The molecule has 8 heteroatoms. The Morgan fingerprint density at radius 3 is 2.08 bits per heavy atom. The standard InChI is InChI=1S/C28H26N4O3.ClH/c1-16-10-19(11-17(2)29-16)25-12-22-24(15-32(4)28(34)27(22)30-25)21-13-26(33)31(3)14-23(21)18-6-8-20(35-5)9-7-18;/h6-15,30H,1-5H3;1H. The number of nitrogens with one attached hydrogen (secondary N) is 1. The number of rotatable bonds is 4. The average molecular weight is 503 g/mol. The molecule has 0 unspecified atom stereocenters. The van der Waals surface area contributed by atoms with Gasteiger partial charge in [-0.25, -0.2) is 0 Å². The van der Waals surface area contributed by atoms with Crippen LogP contribution in [0.25, 0.3) is 44.4 Å². The highest BCUT2D eigenvalue weighted by Gasteiger charge is 2.18. The fourth-order valence-corrected chi connectivity index (χ4v) is 4.55. The predicted molar refractivity (Wildman–Crippen MR) is 146 cm³/mol. The summed E-state index contributed by atoms with van der Waals surface area (Å²) in [4.78, 5) is 33.6. The van der Waals surface area contributed by atoms with Gasteiger partial charge >= 0.3 is 0 Å². The van der Waals surface area contributed by atoms with E-state index in [1.807, 2.05) is 62.5 Å². The molecule has 4 aromatic heterocycles. The van der Waals surface area contributed by atoms with Crippen molar-refractivity contribution in [3.8, 4) is 39.3 Å². The van der Waals surface area contributed by atoms with Gasteiger partial charge in [0.1, 0.15) is 11.3 Å². The van der Waals surface area contributed by atoms with Crippen LogP contribution in [0.4, 0.5) is 0 Å². The molecule has 0 amide bonds. The summed E-state index contributed by atoms with van der Waals surface area (Å²) < 4.78 is 8.42. The van der Waals surface area contributed by atoms with E-state index in [-0.39, 0.29) is 23.5 Å². The van der Waals surface area contributed by atoms with Crippen LogP contribution in [0.1, 0.15) is 11.4 Å². The second-order valence-corrected chi connectivity index (χ2v) is 8.85. The lowest BCUT2D eigenvalue weighted by Gasteiger charge is -2.14. The second-order valence-electron chi connectivity index (χ2n) is 8.85. The van der Waals surface area contributed by atoms with E-state index >= 15 is 0 Å². The molecule has 0 fully saturated rings. The molecule has 184 valence electrons. The number of pyridine rings is 3. The normalized spacial score (nSPS) is 10.9. The monoisotopic (exact) mass is 502 g/mol. The summed E-state index contributed by atoms with van der Waals surface area (Å²) in [6, 6.07) is 15.3. The van der Waals surface area contributed by atoms with E-state index < -0.39 is 0 Å². The Balaban J connectivity index is 0.00000304. The van der Waals surface area contributed by atoms with Crippen LogP contribution < -0.4 is 15.9 Å². The molecule has 4 heterocycles. The number of fused-ring (bicyclic) bond motifs is 1. The Morgan fingerprint density at radius 2 is 1.44 bits per heavy atom. The Bertz CT molecular complexity index is 1690. The van der Waals surface area contributed by atoms with Gasteiger partial charge < -0.3 is 18.9 Å². The zero-order valence-electron chi connectivity index (χ0n) is 20.7. The van der Waals surface area contributed by atoms with E-state index in [1.165, 1.54) is 0 Å². The number of ether oxygens (including phenoxy) is 1. The molecule has 36 heavy (non-hydrogen) atoms. The smallest absolute Gasteiger partial charge is 0.274 e.